The smallest absolute Gasteiger partial charge is 0.410 e. The molecule has 1 aliphatic rings. The summed E-state index contributed by atoms with van der Waals surface area (Å²) in [5, 5.41) is 12.4. The second-order valence-corrected chi connectivity index (χ2v) is 7.10. The number of ether oxygens (including phenoxy) is 1. The minimum atomic E-state index is -0.432. The maximum absolute atomic E-state index is 12.1. The summed E-state index contributed by atoms with van der Waals surface area (Å²) in [7, 11) is 0. The van der Waals surface area contributed by atoms with Crippen LogP contribution in [0.5, 0.6) is 0 Å². The normalized spacial score (nSPS) is 20.6. The molecule has 1 heterocycles. The summed E-state index contributed by atoms with van der Waals surface area (Å²) < 4.78 is 5.46. The first-order valence-corrected chi connectivity index (χ1v) is 8.14. The number of nitrogens with one attached hydrogen (secondary N) is 1. The molecular formula is C16H32N2O3. The number of carbonyl (C=O) groups excluding carboxylic acids is 1. The van der Waals surface area contributed by atoms with E-state index >= 15 is 0 Å². The van der Waals surface area contributed by atoms with Crippen molar-refractivity contribution in [1.29, 1.82) is 0 Å². The molecule has 21 heavy (non-hydrogen) atoms. The van der Waals surface area contributed by atoms with E-state index < -0.39 is 5.60 Å². The number of hydrogen-bond acceptors (Lipinski definition) is 4. The van der Waals surface area contributed by atoms with Gasteiger partial charge in [-0.15, -0.1) is 0 Å². The van der Waals surface area contributed by atoms with Crippen LogP contribution < -0.4 is 5.32 Å². The number of likely N-dealkylation sites (tertiary alicyclic amines) is 1. The lowest BCUT2D eigenvalue weighted by Crippen LogP contribution is -2.44. The fraction of sp³-hybridized carbons (Fsp3) is 0.938. The van der Waals surface area contributed by atoms with Crippen LogP contribution in [0.3, 0.4) is 0 Å². The van der Waals surface area contributed by atoms with Gasteiger partial charge in [0.25, 0.3) is 0 Å². The summed E-state index contributed by atoms with van der Waals surface area (Å²) >= 11 is 0. The van der Waals surface area contributed by atoms with Crippen LogP contribution in [0.4, 0.5) is 4.79 Å². The minimum Gasteiger partial charge on any atom is -0.444 e. The topological polar surface area (TPSA) is 61.8 Å². The molecule has 0 saturated carbocycles. The third kappa shape index (κ3) is 7.14. The molecule has 124 valence electrons. The molecule has 0 aromatic carbocycles. The molecular weight excluding hydrogens is 268 g/mol. The van der Waals surface area contributed by atoms with Gasteiger partial charge in [0.05, 0.1) is 0 Å². The molecule has 1 fully saturated rings. The van der Waals surface area contributed by atoms with Gasteiger partial charge in [0.1, 0.15) is 5.60 Å². The van der Waals surface area contributed by atoms with Crippen molar-refractivity contribution in [2.24, 2.45) is 5.92 Å². The van der Waals surface area contributed by atoms with Crippen molar-refractivity contribution in [3.05, 3.63) is 0 Å². The van der Waals surface area contributed by atoms with E-state index in [2.05, 4.69) is 12.2 Å². The number of hydrogen-bond donors (Lipinski definition) is 2. The Morgan fingerprint density at radius 3 is 2.81 bits per heavy atom. The van der Waals surface area contributed by atoms with Gasteiger partial charge < -0.3 is 20.1 Å². The molecule has 0 radical (unpaired) electrons. The van der Waals surface area contributed by atoms with E-state index in [1.165, 1.54) is 0 Å². The summed E-state index contributed by atoms with van der Waals surface area (Å²) in [5.74, 6) is 0.372. The van der Waals surface area contributed by atoms with Crippen LogP contribution in [0.25, 0.3) is 0 Å². The molecule has 1 aliphatic heterocycles. The zero-order valence-corrected chi connectivity index (χ0v) is 14.0. The van der Waals surface area contributed by atoms with Gasteiger partial charge in [-0.1, -0.05) is 6.92 Å². The van der Waals surface area contributed by atoms with Crippen LogP contribution in [-0.4, -0.2) is 54.0 Å². The van der Waals surface area contributed by atoms with E-state index in [1.807, 2.05) is 25.7 Å². The van der Waals surface area contributed by atoms with Gasteiger partial charge in [-0.05, 0) is 58.9 Å². The van der Waals surface area contributed by atoms with Crippen molar-refractivity contribution < 1.29 is 14.6 Å². The lowest BCUT2D eigenvalue weighted by atomic mass is 10.1. The van der Waals surface area contributed by atoms with Crippen LogP contribution >= 0.6 is 0 Å². The third-order valence-electron chi connectivity index (χ3n) is 3.75. The molecule has 0 spiro atoms. The molecule has 1 saturated heterocycles. The number of rotatable bonds is 7. The molecule has 0 aromatic heterocycles. The maximum atomic E-state index is 12.1. The predicted molar refractivity (Wildman–Crippen MR) is 84.3 cm³/mol. The third-order valence-corrected chi connectivity index (χ3v) is 3.75. The summed E-state index contributed by atoms with van der Waals surface area (Å²) in [6.45, 7) is 10.6. The van der Waals surface area contributed by atoms with Gasteiger partial charge in [-0.25, -0.2) is 4.79 Å². The first kappa shape index (κ1) is 18.2. The molecule has 0 bridgehead atoms. The van der Waals surface area contributed by atoms with Crippen molar-refractivity contribution in [2.75, 3.05) is 26.2 Å². The summed E-state index contributed by atoms with van der Waals surface area (Å²) in [6.07, 6.45) is 3.98. The van der Waals surface area contributed by atoms with Gasteiger partial charge in [-0.3, -0.25) is 0 Å². The standard InChI is InChI=1S/C16H32N2O3/c1-13(12-19)7-5-9-17-11-14-8-6-10-18(14)15(20)21-16(2,3)4/h13-14,17,19H,5-12H2,1-4H3. The van der Waals surface area contributed by atoms with Crippen molar-refractivity contribution in [3.8, 4) is 0 Å². The first-order valence-electron chi connectivity index (χ1n) is 8.14. The Bertz CT molecular complexity index is 315. The Labute approximate surface area is 129 Å². The van der Waals surface area contributed by atoms with Crippen molar-refractivity contribution >= 4 is 6.09 Å². The minimum absolute atomic E-state index is 0.194. The fourth-order valence-corrected chi connectivity index (χ4v) is 2.54. The van der Waals surface area contributed by atoms with Crippen molar-refractivity contribution in [3.63, 3.8) is 0 Å². The van der Waals surface area contributed by atoms with E-state index in [-0.39, 0.29) is 18.7 Å². The van der Waals surface area contributed by atoms with Crippen molar-refractivity contribution in [2.45, 2.75) is 65.0 Å². The molecule has 5 heteroatoms. The van der Waals surface area contributed by atoms with Gasteiger partial charge >= 0.3 is 6.09 Å². The summed E-state index contributed by atoms with van der Waals surface area (Å²) in [4.78, 5) is 14.0. The zero-order valence-electron chi connectivity index (χ0n) is 14.0. The highest BCUT2D eigenvalue weighted by atomic mass is 16.6. The van der Waals surface area contributed by atoms with E-state index in [1.54, 1.807) is 0 Å². The molecule has 5 nitrogen and oxygen atoms in total. The van der Waals surface area contributed by atoms with E-state index in [4.69, 9.17) is 9.84 Å². The SMILES string of the molecule is CC(CO)CCCNCC1CCCN1C(=O)OC(C)(C)C. The summed E-state index contributed by atoms with van der Waals surface area (Å²) in [5.41, 5.74) is -0.432. The molecule has 2 N–H and O–H groups in total. The number of aliphatic hydroxyl groups is 1. The Balaban J connectivity index is 2.26. The number of nitrogens with zero attached hydrogens (tertiary/aromatic N) is 1. The quantitative estimate of drug-likeness (QED) is 0.709. The lowest BCUT2D eigenvalue weighted by Gasteiger charge is -2.28. The Morgan fingerprint density at radius 2 is 2.19 bits per heavy atom. The monoisotopic (exact) mass is 300 g/mol. The average molecular weight is 300 g/mol. The maximum Gasteiger partial charge on any atom is 0.410 e. The number of amides is 1. The van der Waals surface area contributed by atoms with Gasteiger partial charge in [0.2, 0.25) is 0 Å². The second kappa shape index (κ2) is 8.59. The molecule has 2 atom stereocenters. The Hall–Kier alpha value is -0.810. The van der Waals surface area contributed by atoms with Crippen LogP contribution in [0, 0.1) is 5.92 Å². The largest absolute Gasteiger partial charge is 0.444 e. The van der Waals surface area contributed by atoms with Crippen LogP contribution in [0.2, 0.25) is 0 Å². The molecule has 2 unspecified atom stereocenters. The van der Waals surface area contributed by atoms with Gasteiger partial charge in [-0.2, -0.15) is 0 Å². The fourth-order valence-electron chi connectivity index (χ4n) is 2.54. The molecule has 0 aliphatic carbocycles. The van der Waals surface area contributed by atoms with Crippen LogP contribution in [0.1, 0.15) is 53.4 Å². The summed E-state index contributed by atoms with van der Waals surface area (Å²) in [6, 6.07) is 0.245. The molecule has 1 rings (SSSR count). The highest BCUT2D eigenvalue weighted by Crippen LogP contribution is 2.20. The van der Waals surface area contributed by atoms with Crippen LogP contribution in [0.15, 0.2) is 0 Å². The van der Waals surface area contributed by atoms with Crippen LogP contribution in [-0.2, 0) is 4.74 Å². The van der Waals surface area contributed by atoms with Gasteiger partial charge in [0.15, 0.2) is 0 Å². The first-order chi connectivity index (χ1) is 9.83. The number of aliphatic hydroxyl groups excluding tert-OH is 1. The highest BCUT2D eigenvalue weighted by Gasteiger charge is 2.31. The molecule has 1 amide bonds. The molecule has 0 aromatic rings. The Kier molecular flexibility index (Phi) is 7.46. The van der Waals surface area contributed by atoms with E-state index in [0.717, 1.165) is 45.3 Å². The average Bonchev–Trinajstić information content (AvgIpc) is 2.84. The predicted octanol–water partition coefficient (Wildman–Crippen LogP) is 2.38. The second-order valence-electron chi connectivity index (χ2n) is 7.10. The van der Waals surface area contributed by atoms with E-state index in [0.29, 0.717) is 5.92 Å². The van der Waals surface area contributed by atoms with Gasteiger partial charge in [0, 0.05) is 25.7 Å². The van der Waals surface area contributed by atoms with Crippen molar-refractivity contribution in [1.82, 2.24) is 10.2 Å². The number of carbonyl (C=O) groups is 1. The van der Waals surface area contributed by atoms with E-state index in [9.17, 15) is 4.79 Å². The zero-order chi connectivity index (χ0) is 15.9. The highest BCUT2D eigenvalue weighted by molar-refractivity contribution is 5.69. The Morgan fingerprint density at radius 1 is 1.48 bits per heavy atom. The lowest BCUT2D eigenvalue weighted by molar-refractivity contribution is 0.0226.